The van der Waals surface area contributed by atoms with Gasteiger partial charge < -0.3 is 9.72 Å². The minimum atomic E-state index is 0.0786. The molecule has 2 atom stereocenters. The molecule has 5 nitrogen and oxygen atoms in total. The number of thiazole rings is 1. The molecule has 24 heavy (non-hydrogen) atoms. The van der Waals surface area contributed by atoms with E-state index < -0.39 is 0 Å². The molecule has 1 N–H and O–H groups in total. The van der Waals surface area contributed by atoms with Crippen LogP contribution >= 0.6 is 11.3 Å². The molecule has 6 heteroatoms. The summed E-state index contributed by atoms with van der Waals surface area (Å²) in [6.07, 6.45) is 7.39. The molecule has 0 aromatic carbocycles. The summed E-state index contributed by atoms with van der Waals surface area (Å²) in [6.45, 7) is 4.08. The van der Waals surface area contributed by atoms with Gasteiger partial charge in [-0.3, -0.25) is 4.90 Å². The molecular weight excluding hydrogens is 320 g/mol. The Morgan fingerprint density at radius 3 is 3.04 bits per heavy atom. The summed E-state index contributed by atoms with van der Waals surface area (Å²) in [6, 6.07) is 0.417. The van der Waals surface area contributed by atoms with Gasteiger partial charge in [0.15, 0.2) is 0 Å². The number of hydrogen-bond acceptors (Lipinski definition) is 5. The number of nitrogens with zero attached hydrogens (tertiary/aromatic N) is 3. The van der Waals surface area contributed by atoms with Crippen molar-refractivity contribution in [1.82, 2.24) is 19.9 Å². The highest BCUT2D eigenvalue weighted by Gasteiger charge is 2.30. The Kier molecular flexibility index (Phi) is 4.70. The van der Waals surface area contributed by atoms with Crippen LogP contribution in [0.3, 0.4) is 0 Å². The number of H-pyrrole nitrogens is 1. The molecule has 1 saturated heterocycles. The second kappa shape index (κ2) is 6.94. The van der Waals surface area contributed by atoms with Crippen LogP contribution in [0, 0.1) is 0 Å². The number of aromatic nitrogens is 3. The van der Waals surface area contributed by atoms with Gasteiger partial charge >= 0.3 is 0 Å². The highest BCUT2D eigenvalue weighted by molar-refractivity contribution is 7.09. The Bertz CT molecular complexity index is 672. The highest BCUT2D eigenvalue weighted by atomic mass is 32.1. The number of likely N-dealkylation sites (tertiary alicyclic amines) is 1. The number of aromatic amines is 1. The minimum Gasteiger partial charge on any atom is -0.375 e. The summed E-state index contributed by atoms with van der Waals surface area (Å²) < 4.78 is 5.38. The predicted octanol–water partition coefficient (Wildman–Crippen LogP) is 3.79. The van der Waals surface area contributed by atoms with E-state index >= 15 is 0 Å². The molecule has 0 bridgehead atoms. The Balaban J connectivity index is 1.48. The Labute approximate surface area is 147 Å². The zero-order valence-electron chi connectivity index (χ0n) is 14.5. The van der Waals surface area contributed by atoms with Gasteiger partial charge in [0, 0.05) is 24.7 Å². The van der Waals surface area contributed by atoms with Gasteiger partial charge in [0.05, 0.1) is 17.4 Å². The first kappa shape index (κ1) is 16.2. The Morgan fingerprint density at radius 2 is 2.21 bits per heavy atom. The zero-order valence-corrected chi connectivity index (χ0v) is 15.4. The van der Waals surface area contributed by atoms with Crippen molar-refractivity contribution in [1.29, 1.82) is 0 Å². The maximum Gasteiger partial charge on any atom is 0.124 e. The van der Waals surface area contributed by atoms with Gasteiger partial charge in [0.2, 0.25) is 0 Å². The molecule has 0 saturated carbocycles. The summed E-state index contributed by atoms with van der Waals surface area (Å²) in [5, 5.41) is 3.24. The van der Waals surface area contributed by atoms with Crippen LogP contribution in [0.25, 0.3) is 0 Å². The van der Waals surface area contributed by atoms with Gasteiger partial charge in [0.1, 0.15) is 16.9 Å². The van der Waals surface area contributed by atoms with Gasteiger partial charge in [-0.15, -0.1) is 11.3 Å². The van der Waals surface area contributed by atoms with E-state index in [0.717, 1.165) is 30.2 Å². The molecule has 0 unspecified atom stereocenters. The first-order valence-electron chi connectivity index (χ1n) is 9.03. The number of fused-ring (bicyclic) bond motifs is 1. The second-order valence-corrected chi connectivity index (χ2v) is 7.83. The van der Waals surface area contributed by atoms with E-state index in [1.165, 1.54) is 49.3 Å². The van der Waals surface area contributed by atoms with Crippen molar-refractivity contribution in [2.24, 2.45) is 0 Å². The van der Waals surface area contributed by atoms with Gasteiger partial charge in [-0.1, -0.05) is 0 Å². The topological polar surface area (TPSA) is 54.0 Å². The number of nitrogens with one attached hydrogen (secondary N) is 1. The van der Waals surface area contributed by atoms with Crippen molar-refractivity contribution >= 4 is 11.3 Å². The van der Waals surface area contributed by atoms with E-state index in [1.807, 2.05) is 0 Å². The van der Waals surface area contributed by atoms with Gasteiger partial charge in [0.25, 0.3) is 0 Å². The fraction of sp³-hybridized carbons (Fsp3) is 0.667. The number of aryl methyl sites for hydroxylation is 2. The monoisotopic (exact) mass is 346 g/mol. The van der Waals surface area contributed by atoms with Crippen molar-refractivity contribution < 1.29 is 4.74 Å². The third-order valence-electron chi connectivity index (χ3n) is 5.29. The van der Waals surface area contributed by atoms with Crippen LogP contribution in [0.1, 0.15) is 72.7 Å². The van der Waals surface area contributed by atoms with Crippen molar-refractivity contribution in [3.05, 3.63) is 33.3 Å². The molecule has 0 radical (unpaired) electrons. The van der Waals surface area contributed by atoms with Crippen molar-refractivity contribution in [3.8, 4) is 0 Å². The lowest BCUT2D eigenvalue weighted by Crippen LogP contribution is -2.23. The summed E-state index contributed by atoms with van der Waals surface area (Å²) in [5.74, 6) is 1.18. The molecule has 1 aliphatic carbocycles. The van der Waals surface area contributed by atoms with Crippen LogP contribution in [-0.4, -0.2) is 33.5 Å². The van der Waals surface area contributed by atoms with E-state index in [4.69, 9.17) is 14.7 Å². The lowest BCUT2D eigenvalue weighted by Gasteiger charge is -2.21. The molecule has 0 amide bonds. The summed E-state index contributed by atoms with van der Waals surface area (Å²) >= 11 is 1.70. The van der Waals surface area contributed by atoms with Gasteiger partial charge in [-0.25, -0.2) is 9.97 Å². The first-order chi connectivity index (χ1) is 11.7. The molecular formula is C18H26N4OS. The highest BCUT2D eigenvalue weighted by Crippen LogP contribution is 2.33. The van der Waals surface area contributed by atoms with Crippen LogP contribution in [0.2, 0.25) is 0 Å². The maximum absolute atomic E-state index is 5.38. The Hall–Kier alpha value is -1.24. The standard InChI is InChI=1S/C18H26N4OS/c1-12(23-2)18-19-13(11-24-18)10-22-9-5-8-16(22)17-20-14-6-3-4-7-15(14)21-17/h11-12,16H,3-10H2,1-2H3,(H,20,21)/t12-,16+/m0/s1. The number of rotatable bonds is 5. The lowest BCUT2D eigenvalue weighted by atomic mass is 10.0. The molecule has 4 rings (SSSR count). The number of hydrogen-bond donors (Lipinski definition) is 1. The quantitative estimate of drug-likeness (QED) is 0.895. The number of methoxy groups -OCH3 is 1. The first-order valence-corrected chi connectivity index (χ1v) is 9.91. The van der Waals surface area contributed by atoms with E-state index in [1.54, 1.807) is 18.4 Å². The van der Waals surface area contributed by atoms with E-state index in [2.05, 4.69) is 22.2 Å². The van der Waals surface area contributed by atoms with E-state index in [0.29, 0.717) is 6.04 Å². The molecule has 3 heterocycles. The van der Waals surface area contributed by atoms with Crippen LogP contribution in [0.5, 0.6) is 0 Å². The molecule has 130 valence electrons. The average Bonchev–Trinajstić information content (AvgIpc) is 3.33. The smallest absolute Gasteiger partial charge is 0.124 e. The third-order valence-corrected chi connectivity index (χ3v) is 6.34. The molecule has 2 aliphatic rings. The molecule has 2 aromatic heterocycles. The van der Waals surface area contributed by atoms with Crippen LogP contribution < -0.4 is 0 Å². The zero-order chi connectivity index (χ0) is 16.5. The predicted molar refractivity (Wildman–Crippen MR) is 95.2 cm³/mol. The average molecular weight is 347 g/mol. The Morgan fingerprint density at radius 1 is 1.33 bits per heavy atom. The lowest BCUT2D eigenvalue weighted by molar-refractivity contribution is 0.119. The summed E-state index contributed by atoms with van der Waals surface area (Å²) in [4.78, 5) is 15.9. The fourth-order valence-corrected chi connectivity index (χ4v) is 4.69. The molecule has 1 aliphatic heterocycles. The van der Waals surface area contributed by atoms with Crippen LogP contribution in [0.15, 0.2) is 5.38 Å². The van der Waals surface area contributed by atoms with Gasteiger partial charge in [-0.2, -0.15) is 0 Å². The summed E-state index contributed by atoms with van der Waals surface area (Å²) in [7, 11) is 1.74. The summed E-state index contributed by atoms with van der Waals surface area (Å²) in [5.41, 5.74) is 3.85. The fourth-order valence-electron chi connectivity index (χ4n) is 3.85. The number of imidazole rings is 1. The van der Waals surface area contributed by atoms with Gasteiger partial charge in [-0.05, 0) is 52.0 Å². The molecule has 0 spiro atoms. The maximum atomic E-state index is 5.38. The van der Waals surface area contributed by atoms with Crippen molar-refractivity contribution in [3.63, 3.8) is 0 Å². The van der Waals surface area contributed by atoms with Crippen molar-refractivity contribution in [2.75, 3.05) is 13.7 Å². The van der Waals surface area contributed by atoms with Crippen LogP contribution in [0.4, 0.5) is 0 Å². The second-order valence-electron chi connectivity index (χ2n) is 6.94. The van der Waals surface area contributed by atoms with Crippen molar-refractivity contribution in [2.45, 2.75) is 64.1 Å². The molecule has 1 fully saturated rings. The third kappa shape index (κ3) is 3.15. The van der Waals surface area contributed by atoms with E-state index in [9.17, 15) is 0 Å². The minimum absolute atomic E-state index is 0.0786. The largest absolute Gasteiger partial charge is 0.375 e. The van der Waals surface area contributed by atoms with Crippen LogP contribution in [-0.2, 0) is 24.1 Å². The number of ether oxygens (including phenoxy) is 1. The van der Waals surface area contributed by atoms with E-state index in [-0.39, 0.29) is 6.10 Å². The SMILES string of the molecule is CO[C@@H](C)c1nc(CN2CCC[C@@H]2c2nc3c([nH]2)CCCC3)cs1. The molecule has 2 aromatic rings. The normalized spacial score (nSPS) is 22.7.